The fourth-order valence-electron chi connectivity index (χ4n) is 1.43. The molecule has 4 nitrogen and oxygen atoms in total. The first-order valence-corrected chi connectivity index (χ1v) is 8.58. The molecule has 0 bridgehead atoms. The van der Waals surface area contributed by atoms with Gasteiger partial charge in [0.1, 0.15) is 0 Å². The van der Waals surface area contributed by atoms with E-state index in [4.69, 9.17) is 5.84 Å². The van der Waals surface area contributed by atoms with E-state index in [0.29, 0.717) is 6.42 Å². The van der Waals surface area contributed by atoms with E-state index < -0.39 is 14.6 Å². The summed E-state index contributed by atoms with van der Waals surface area (Å²) >= 11 is 4.97. The summed E-state index contributed by atoms with van der Waals surface area (Å²) in [4.78, 5) is 1.09. The van der Waals surface area contributed by atoms with Gasteiger partial charge < -0.3 is 0 Å². The third kappa shape index (κ3) is 3.51. The van der Waals surface area contributed by atoms with E-state index in [0.717, 1.165) is 8.66 Å². The Morgan fingerprint density at radius 3 is 2.47 bits per heavy atom. The van der Waals surface area contributed by atoms with Crippen molar-refractivity contribution < 1.29 is 8.42 Å². The predicted molar refractivity (Wildman–Crippen MR) is 75.8 cm³/mol. The highest BCUT2D eigenvalue weighted by Crippen LogP contribution is 2.27. The van der Waals surface area contributed by atoms with Gasteiger partial charge in [-0.15, -0.1) is 11.3 Å². The van der Waals surface area contributed by atoms with E-state index in [2.05, 4.69) is 21.4 Å². The van der Waals surface area contributed by atoms with Gasteiger partial charge in [-0.1, -0.05) is 0 Å². The molecule has 3 N–H and O–H groups in total. The van der Waals surface area contributed by atoms with Gasteiger partial charge in [0, 0.05) is 17.2 Å². The molecular weight excluding hydrogens is 324 g/mol. The molecule has 0 aliphatic rings. The Kier molecular flexibility index (Phi) is 4.76. The Hall–Kier alpha value is 0.0500. The number of sulfone groups is 1. The van der Waals surface area contributed by atoms with Gasteiger partial charge in [0.2, 0.25) is 0 Å². The van der Waals surface area contributed by atoms with E-state index in [-0.39, 0.29) is 6.04 Å². The maximum Gasteiger partial charge on any atom is 0.154 e. The van der Waals surface area contributed by atoms with Gasteiger partial charge >= 0.3 is 0 Å². The zero-order chi connectivity index (χ0) is 13.3. The zero-order valence-electron chi connectivity index (χ0n) is 10.0. The fourth-order valence-corrected chi connectivity index (χ4v) is 3.62. The number of hydrogen-bond acceptors (Lipinski definition) is 5. The molecule has 7 heteroatoms. The molecule has 1 atom stereocenters. The highest BCUT2D eigenvalue weighted by atomic mass is 79.9. The molecule has 98 valence electrons. The minimum atomic E-state index is -3.18. The summed E-state index contributed by atoms with van der Waals surface area (Å²) in [6, 6.07) is 3.60. The van der Waals surface area contributed by atoms with Crippen LogP contribution in [0.25, 0.3) is 0 Å². The quantitative estimate of drug-likeness (QED) is 0.632. The molecular formula is C10H17BrN2O2S2. The van der Waals surface area contributed by atoms with Crippen molar-refractivity contribution in [3.05, 3.63) is 20.8 Å². The maximum atomic E-state index is 11.7. The third-order valence-electron chi connectivity index (χ3n) is 3.03. The maximum absolute atomic E-state index is 11.7. The van der Waals surface area contributed by atoms with Gasteiger partial charge in [-0.25, -0.2) is 8.42 Å². The van der Waals surface area contributed by atoms with Gasteiger partial charge in [0.15, 0.2) is 9.84 Å². The molecule has 0 aliphatic carbocycles. The van der Waals surface area contributed by atoms with E-state index >= 15 is 0 Å². The number of nitrogens with two attached hydrogens (primary N) is 1. The summed E-state index contributed by atoms with van der Waals surface area (Å²) in [6.45, 7) is 3.38. The topological polar surface area (TPSA) is 72.2 Å². The van der Waals surface area contributed by atoms with Gasteiger partial charge in [-0.3, -0.25) is 11.3 Å². The van der Waals surface area contributed by atoms with Crippen molar-refractivity contribution in [1.29, 1.82) is 0 Å². The van der Waals surface area contributed by atoms with Crippen molar-refractivity contribution in [2.75, 3.05) is 6.26 Å². The summed E-state index contributed by atoms with van der Waals surface area (Å²) in [5.41, 5.74) is 2.62. The average Bonchev–Trinajstić information content (AvgIpc) is 2.58. The number of halogens is 1. The molecule has 17 heavy (non-hydrogen) atoms. The van der Waals surface area contributed by atoms with Crippen LogP contribution in [0.2, 0.25) is 0 Å². The molecule has 0 saturated heterocycles. The molecule has 1 rings (SSSR count). The summed E-state index contributed by atoms with van der Waals surface area (Å²) < 4.78 is 23.6. The van der Waals surface area contributed by atoms with Crippen molar-refractivity contribution in [2.45, 2.75) is 31.1 Å². The average molecular weight is 341 g/mol. The summed E-state index contributed by atoms with van der Waals surface area (Å²) in [5, 5.41) is 0. The lowest BCUT2D eigenvalue weighted by molar-refractivity contribution is 0.414. The molecule has 0 saturated carbocycles. The van der Waals surface area contributed by atoms with Crippen LogP contribution >= 0.6 is 27.3 Å². The molecule has 0 aromatic carbocycles. The number of nitrogens with one attached hydrogen (secondary N) is 1. The smallest absolute Gasteiger partial charge is 0.154 e. The van der Waals surface area contributed by atoms with E-state index in [9.17, 15) is 8.42 Å². The van der Waals surface area contributed by atoms with Crippen molar-refractivity contribution in [2.24, 2.45) is 5.84 Å². The minimum Gasteiger partial charge on any atom is -0.271 e. The van der Waals surface area contributed by atoms with E-state index in [1.54, 1.807) is 25.2 Å². The van der Waals surface area contributed by atoms with Crippen LogP contribution in [0.5, 0.6) is 0 Å². The van der Waals surface area contributed by atoms with Gasteiger partial charge in [0.25, 0.3) is 0 Å². The molecule has 0 amide bonds. The van der Waals surface area contributed by atoms with Gasteiger partial charge in [-0.05, 0) is 48.3 Å². The molecule has 0 spiro atoms. The number of thiophene rings is 1. The number of hydrazine groups is 1. The number of rotatable bonds is 5. The van der Waals surface area contributed by atoms with Gasteiger partial charge in [-0.2, -0.15) is 0 Å². The zero-order valence-corrected chi connectivity index (χ0v) is 13.2. The fraction of sp³-hybridized carbons (Fsp3) is 0.600. The minimum absolute atomic E-state index is 0.317. The molecule has 0 aliphatic heterocycles. The molecule has 1 aromatic rings. The molecule has 1 unspecified atom stereocenters. The van der Waals surface area contributed by atoms with Crippen molar-refractivity contribution in [3.63, 3.8) is 0 Å². The van der Waals surface area contributed by atoms with Crippen LogP contribution in [0.4, 0.5) is 0 Å². The molecule has 1 heterocycles. The second kappa shape index (κ2) is 5.36. The van der Waals surface area contributed by atoms with E-state index in [1.807, 2.05) is 12.1 Å². The van der Waals surface area contributed by atoms with E-state index in [1.165, 1.54) is 6.26 Å². The first kappa shape index (κ1) is 15.1. The molecule has 0 fully saturated rings. The lowest BCUT2D eigenvalue weighted by Gasteiger charge is -2.31. The second-order valence-electron chi connectivity index (χ2n) is 4.50. The summed E-state index contributed by atoms with van der Waals surface area (Å²) in [6.07, 6.45) is 1.83. The van der Waals surface area contributed by atoms with Crippen LogP contribution in [0.3, 0.4) is 0 Å². The van der Waals surface area contributed by atoms with Gasteiger partial charge in [0.05, 0.1) is 8.53 Å². The van der Waals surface area contributed by atoms with Crippen LogP contribution in [0, 0.1) is 0 Å². The van der Waals surface area contributed by atoms with Crippen LogP contribution < -0.4 is 11.3 Å². The van der Waals surface area contributed by atoms with Crippen molar-refractivity contribution in [1.82, 2.24) is 5.43 Å². The first-order valence-electron chi connectivity index (χ1n) is 5.08. The normalized spacial score (nSPS) is 14.9. The Morgan fingerprint density at radius 2 is 2.12 bits per heavy atom. The Balaban J connectivity index is 2.93. The predicted octanol–water partition coefficient (Wildman–Crippen LogP) is 1.71. The van der Waals surface area contributed by atoms with Crippen LogP contribution in [-0.4, -0.2) is 25.5 Å². The Bertz CT molecular complexity index is 482. The Morgan fingerprint density at radius 1 is 1.53 bits per heavy atom. The standard InChI is InChI=1S/C10H17BrN2O2S2/c1-10(2,17(3,14)15)8(13-12)6-7-4-5-9(11)16-7/h4-5,8,13H,6,12H2,1-3H3. The number of hydrogen-bond donors (Lipinski definition) is 2. The van der Waals surface area contributed by atoms with Crippen LogP contribution in [0.15, 0.2) is 15.9 Å². The van der Waals surface area contributed by atoms with Crippen molar-refractivity contribution >= 4 is 37.1 Å². The van der Waals surface area contributed by atoms with Crippen molar-refractivity contribution in [3.8, 4) is 0 Å². The molecule has 0 radical (unpaired) electrons. The largest absolute Gasteiger partial charge is 0.271 e. The van der Waals surface area contributed by atoms with Crippen LogP contribution in [-0.2, 0) is 16.3 Å². The summed E-state index contributed by atoms with van der Waals surface area (Å²) in [5.74, 6) is 5.49. The van der Waals surface area contributed by atoms with Crippen LogP contribution in [0.1, 0.15) is 18.7 Å². The monoisotopic (exact) mass is 340 g/mol. The lowest BCUT2D eigenvalue weighted by Crippen LogP contribution is -2.54. The molecule has 1 aromatic heterocycles. The Labute approximate surface area is 115 Å². The first-order chi connectivity index (χ1) is 7.68. The summed E-state index contributed by atoms with van der Waals surface area (Å²) in [7, 11) is -3.18. The second-order valence-corrected chi connectivity index (χ2v) is 9.65. The lowest BCUT2D eigenvalue weighted by atomic mass is 10.00. The highest BCUT2D eigenvalue weighted by molar-refractivity contribution is 9.11. The SMILES string of the molecule is CC(C)(C(Cc1ccc(Br)s1)NN)S(C)(=O)=O. The highest BCUT2D eigenvalue weighted by Gasteiger charge is 2.38. The third-order valence-corrected chi connectivity index (χ3v) is 6.87.